The number of aryl methyl sites for hydroxylation is 1. The highest BCUT2D eigenvalue weighted by Crippen LogP contribution is 2.29. The lowest BCUT2D eigenvalue weighted by Gasteiger charge is -2.10. The van der Waals surface area contributed by atoms with Gasteiger partial charge in [-0.25, -0.2) is 4.98 Å². The highest BCUT2D eigenvalue weighted by molar-refractivity contribution is 7.18. The van der Waals surface area contributed by atoms with Gasteiger partial charge in [-0.3, -0.25) is 4.79 Å². The van der Waals surface area contributed by atoms with Gasteiger partial charge in [-0.05, 0) is 13.0 Å². The fourth-order valence-corrected chi connectivity index (χ4v) is 2.46. The number of hydrogen-bond donors (Lipinski definition) is 4. The van der Waals surface area contributed by atoms with Gasteiger partial charge in [-0.15, -0.1) is 11.3 Å². The Balaban J connectivity index is 2.32. The van der Waals surface area contributed by atoms with Crippen molar-refractivity contribution in [2.75, 3.05) is 24.2 Å². The molecule has 2 heterocycles. The number of rotatable bonds is 5. The van der Waals surface area contributed by atoms with Gasteiger partial charge in [0.05, 0.1) is 11.9 Å². The number of nitrogens with one attached hydrogen (secondary N) is 2. The van der Waals surface area contributed by atoms with E-state index in [0.717, 1.165) is 15.1 Å². The topological polar surface area (TPSA) is 113 Å². The van der Waals surface area contributed by atoms with Crippen molar-refractivity contribution in [3.63, 3.8) is 0 Å². The normalized spacial score (nSPS) is 12.4. The minimum Gasteiger partial charge on any atom is -0.381 e. The number of thiophene rings is 1. The maximum atomic E-state index is 10.8. The molecule has 19 heavy (non-hydrogen) atoms. The molecule has 0 aromatic carbocycles. The van der Waals surface area contributed by atoms with Crippen molar-refractivity contribution in [2.45, 2.75) is 13.0 Å². The average Bonchev–Trinajstić information content (AvgIpc) is 2.75. The number of aliphatic hydroxyl groups excluding tert-OH is 1. The van der Waals surface area contributed by atoms with Crippen molar-refractivity contribution in [2.24, 2.45) is 5.73 Å². The first-order valence-corrected chi connectivity index (χ1v) is 6.50. The number of carbonyl (C=O) groups is 1. The molecular formula is C11H15N5O2S. The number of primary amides is 1. The summed E-state index contributed by atoms with van der Waals surface area (Å²) in [5.74, 6) is 0.276. The third kappa shape index (κ3) is 2.91. The number of aromatic nitrogens is 2. The fourth-order valence-electron chi connectivity index (χ4n) is 1.58. The molecule has 0 radical (unpaired) electrons. The molecule has 0 aliphatic carbocycles. The number of anilines is 2. The third-order valence-corrected chi connectivity index (χ3v) is 3.48. The molecule has 8 heteroatoms. The molecule has 2 rings (SSSR count). The molecule has 0 saturated carbocycles. The molecule has 0 aliphatic heterocycles. The van der Waals surface area contributed by atoms with Gasteiger partial charge in [0.2, 0.25) is 11.9 Å². The predicted molar refractivity (Wildman–Crippen MR) is 75.4 cm³/mol. The summed E-state index contributed by atoms with van der Waals surface area (Å²) in [6.45, 7) is 1.99. The van der Waals surface area contributed by atoms with E-state index in [2.05, 4.69) is 20.6 Å². The van der Waals surface area contributed by atoms with E-state index in [9.17, 15) is 9.90 Å². The Morgan fingerprint density at radius 3 is 2.95 bits per heavy atom. The zero-order chi connectivity index (χ0) is 14.0. The number of nitrogens with zero attached hydrogens (tertiary/aromatic N) is 2. The van der Waals surface area contributed by atoms with Crippen molar-refractivity contribution >= 4 is 39.2 Å². The van der Waals surface area contributed by atoms with Gasteiger partial charge in [-0.1, -0.05) is 0 Å². The van der Waals surface area contributed by atoms with Crippen LogP contribution in [0, 0.1) is 6.92 Å². The zero-order valence-corrected chi connectivity index (χ0v) is 11.4. The number of nitrogens with two attached hydrogens (primary N) is 1. The van der Waals surface area contributed by atoms with E-state index in [-0.39, 0.29) is 6.54 Å². The molecule has 0 bridgehead atoms. The molecule has 7 nitrogen and oxygen atoms in total. The maximum absolute atomic E-state index is 10.8. The van der Waals surface area contributed by atoms with Crippen molar-refractivity contribution in [1.82, 2.24) is 9.97 Å². The van der Waals surface area contributed by atoms with E-state index in [1.165, 1.54) is 0 Å². The molecule has 0 saturated heterocycles. The molecule has 0 spiro atoms. The molecule has 5 N–H and O–H groups in total. The monoisotopic (exact) mass is 281 g/mol. The molecule has 2 aromatic heterocycles. The van der Waals surface area contributed by atoms with Crippen LogP contribution >= 0.6 is 11.3 Å². The molecule has 1 atom stereocenters. The van der Waals surface area contributed by atoms with Crippen LogP contribution in [0.3, 0.4) is 0 Å². The Morgan fingerprint density at radius 1 is 1.58 bits per heavy atom. The van der Waals surface area contributed by atoms with Gasteiger partial charge in [0.25, 0.3) is 0 Å². The van der Waals surface area contributed by atoms with Crippen LogP contribution in [0.15, 0.2) is 6.07 Å². The van der Waals surface area contributed by atoms with E-state index in [0.29, 0.717) is 11.8 Å². The Labute approximate surface area is 113 Å². The van der Waals surface area contributed by atoms with E-state index >= 15 is 0 Å². The molecule has 0 fully saturated rings. The smallest absolute Gasteiger partial charge is 0.248 e. The summed E-state index contributed by atoms with van der Waals surface area (Å²) in [6.07, 6.45) is -1.25. The number of hydrogen-bond acceptors (Lipinski definition) is 7. The number of amides is 1. The molecule has 0 aliphatic rings. The SMILES string of the molecule is CNc1nc(NCC(O)C(N)=O)c2cc(C)sc2n1. The highest BCUT2D eigenvalue weighted by Gasteiger charge is 2.14. The second kappa shape index (κ2) is 5.37. The van der Waals surface area contributed by atoms with Gasteiger partial charge in [0.1, 0.15) is 16.8 Å². The van der Waals surface area contributed by atoms with Gasteiger partial charge in [0.15, 0.2) is 0 Å². The van der Waals surface area contributed by atoms with Crippen LogP contribution in [0.2, 0.25) is 0 Å². The molecule has 1 amide bonds. The Kier molecular flexibility index (Phi) is 3.82. The van der Waals surface area contributed by atoms with E-state index in [4.69, 9.17) is 5.73 Å². The van der Waals surface area contributed by atoms with Crippen molar-refractivity contribution in [3.05, 3.63) is 10.9 Å². The van der Waals surface area contributed by atoms with Crippen LogP contribution in [0.25, 0.3) is 10.2 Å². The number of carbonyl (C=O) groups excluding carboxylic acids is 1. The van der Waals surface area contributed by atoms with Crippen LogP contribution in [-0.2, 0) is 4.79 Å². The summed E-state index contributed by atoms with van der Waals surface area (Å²) >= 11 is 1.55. The van der Waals surface area contributed by atoms with E-state index < -0.39 is 12.0 Å². The molecular weight excluding hydrogens is 266 g/mol. The first-order chi connectivity index (χ1) is 9.01. The van der Waals surface area contributed by atoms with Crippen LogP contribution in [0.5, 0.6) is 0 Å². The lowest BCUT2D eigenvalue weighted by Crippen LogP contribution is -2.34. The van der Waals surface area contributed by atoms with Gasteiger partial charge in [0, 0.05) is 11.9 Å². The molecule has 102 valence electrons. The van der Waals surface area contributed by atoms with E-state index in [1.807, 2.05) is 13.0 Å². The molecule has 2 aromatic rings. The lowest BCUT2D eigenvalue weighted by molar-refractivity contribution is -0.125. The fraction of sp³-hybridized carbons (Fsp3) is 0.364. The minimum absolute atomic E-state index is 0.0134. The molecule has 1 unspecified atom stereocenters. The quantitative estimate of drug-likeness (QED) is 0.627. The summed E-state index contributed by atoms with van der Waals surface area (Å²) in [6, 6.07) is 1.96. The van der Waals surface area contributed by atoms with Crippen molar-refractivity contribution in [1.29, 1.82) is 0 Å². The summed E-state index contributed by atoms with van der Waals surface area (Å²) in [5, 5.41) is 16.0. The van der Waals surface area contributed by atoms with Crippen LogP contribution < -0.4 is 16.4 Å². The first-order valence-electron chi connectivity index (χ1n) is 5.68. The van der Waals surface area contributed by atoms with Crippen LogP contribution in [-0.4, -0.2) is 40.7 Å². The van der Waals surface area contributed by atoms with E-state index in [1.54, 1.807) is 18.4 Å². The number of aliphatic hydroxyl groups is 1. The average molecular weight is 281 g/mol. The highest BCUT2D eigenvalue weighted by atomic mass is 32.1. The minimum atomic E-state index is -1.25. The van der Waals surface area contributed by atoms with Gasteiger partial charge >= 0.3 is 0 Å². The third-order valence-electron chi connectivity index (χ3n) is 2.53. The lowest BCUT2D eigenvalue weighted by atomic mass is 10.3. The van der Waals surface area contributed by atoms with Crippen LogP contribution in [0.1, 0.15) is 4.88 Å². The standard InChI is InChI=1S/C11H15N5O2S/c1-5-3-6-9(14-4-7(17)8(12)18)15-11(13-2)16-10(6)19-5/h3,7,17H,4H2,1-2H3,(H2,12,18)(H2,13,14,15,16). The Bertz CT molecular complexity index is 612. The zero-order valence-electron chi connectivity index (χ0n) is 10.6. The van der Waals surface area contributed by atoms with Gasteiger partial charge < -0.3 is 21.5 Å². The van der Waals surface area contributed by atoms with Crippen molar-refractivity contribution < 1.29 is 9.90 Å². The Morgan fingerprint density at radius 2 is 2.32 bits per heavy atom. The van der Waals surface area contributed by atoms with Crippen molar-refractivity contribution in [3.8, 4) is 0 Å². The summed E-state index contributed by atoms with van der Waals surface area (Å²) in [5.41, 5.74) is 5.00. The Hall–Kier alpha value is -1.93. The number of fused-ring (bicyclic) bond motifs is 1. The first kappa shape index (κ1) is 13.5. The summed E-state index contributed by atoms with van der Waals surface area (Å²) in [4.78, 5) is 21.4. The van der Waals surface area contributed by atoms with Gasteiger partial charge in [-0.2, -0.15) is 4.98 Å². The summed E-state index contributed by atoms with van der Waals surface area (Å²) in [7, 11) is 1.73. The predicted octanol–water partition coefficient (Wildman–Crippen LogP) is 0.300. The van der Waals surface area contributed by atoms with Crippen LogP contribution in [0.4, 0.5) is 11.8 Å². The summed E-state index contributed by atoms with van der Waals surface area (Å²) < 4.78 is 0. The largest absolute Gasteiger partial charge is 0.381 e. The second-order valence-electron chi connectivity index (χ2n) is 4.02. The second-order valence-corrected chi connectivity index (χ2v) is 5.26. The maximum Gasteiger partial charge on any atom is 0.248 e.